The molecule has 5 nitrogen and oxygen atoms in total. The Hall–Kier alpha value is -3.22. The van der Waals surface area contributed by atoms with E-state index in [4.69, 9.17) is 19.6 Å². The first-order valence-corrected chi connectivity index (χ1v) is 11.8. The van der Waals surface area contributed by atoms with Gasteiger partial charge in [-0.15, -0.1) is 11.3 Å². The lowest BCUT2D eigenvalue weighted by Gasteiger charge is -2.09. The van der Waals surface area contributed by atoms with Crippen molar-refractivity contribution >= 4 is 27.8 Å². The summed E-state index contributed by atoms with van der Waals surface area (Å²) in [5.41, 5.74) is 6.69. The average molecular weight is 460 g/mol. The molecule has 0 saturated carbocycles. The summed E-state index contributed by atoms with van der Waals surface area (Å²) in [7, 11) is 3.38. The van der Waals surface area contributed by atoms with Crippen molar-refractivity contribution in [3.8, 4) is 17.0 Å². The molecule has 0 bridgehead atoms. The number of hydrogen-bond acceptors (Lipinski definition) is 5. The predicted molar refractivity (Wildman–Crippen MR) is 138 cm³/mol. The van der Waals surface area contributed by atoms with Crippen LogP contribution in [0.3, 0.4) is 0 Å². The molecule has 0 N–H and O–H groups in total. The van der Waals surface area contributed by atoms with Crippen LogP contribution in [0, 0.1) is 13.8 Å². The highest BCUT2D eigenvalue weighted by Crippen LogP contribution is 2.25. The summed E-state index contributed by atoms with van der Waals surface area (Å²) in [5.74, 6) is 0.856. The number of rotatable bonds is 7. The van der Waals surface area contributed by atoms with E-state index in [9.17, 15) is 0 Å². The molecular formula is C27H29N3O2S. The number of ether oxygens (including phenoxy) is 2. The van der Waals surface area contributed by atoms with Crippen LogP contribution in [-0.4, -0.2) is 37.8 Å². The number of fused-ring (bicyclic) bond motifs is 1. The van der Waals surface area contributed by atoms with Gasteiger partial charge in [0.2, 0.25) is 4.80 Å². The molecule has 0 aliphatic carbocycles. The van der Waals surface area contributed by atoms with Crippen molar-refractivity contribution < 1.29 is 9.47 Å². The Morgan fingerprint density at radius 1 is 0.939 bits per heavy atom. The fourth-order valence-electron chi connectivity index (χ4n) is 3.62. The lowest BCUT2D eigenvalue weighted by atomic mass is 10.0. The van der Waals surface area contributed by atoms with Gasteiger partial charge in [-0.05, 0) is 72.5 Å². The molecule has 0 spiro atoms. The first-order chi connectivity index (χ1) is 16.0. The van der Waals surface area contributed by atoms with Crippen LogP contribution in [0.5, 0.6) is 5.75 Å². The molecule has 1 heterocycles. The third kappa shape index (κ3) is 5.07. The van der Waals surface area contributed by atoms with E-state index < -0.39 is 0 Å². The smallest absolute Gasteiger partial charge is 0.206 e. The topological polar surface area (TPSA) is 48.1 Å². The predicted octanol–water partition coefficient (Wildman–Crippen LogP) is 5.81. The molecule has 0 aliphatic heterocycles. The maximum absolute atomic E-state index is 5.35. The van der Waals surface area contributed by atoms with Crippen molar-refractivity contribution in [2.45, 2.75) is 20.8 Å². The minimum Gasteiger partial charge on any atom is -0.497 e. The van der Waals surface area contributed by atoms with E-state index in [2.05, 4.69) is 61.7 Å². The van der Waals surface area contributed by atoms with Crippen LogP contribution in [0.4, 0.5) is 0 Å². The second-order valence-corrected chi connectivity index (χ2v) is 8.84. The van der Waals surface area contributed by atoms with Crippen LogP contribution in [-0.2, 0) is 4.74 Å². The Morgan fingerprint density at radius 3 is 2.48 bits per heavy atom. The molecule has 0 fully saturated rings. The summed E-state index contributed by atoms with van der Waals surface area (Å²) in [5, 5.41) is 9.44. The molecule has 0 radical (unpaired) electrons. The summed E-state index contributed by atoms with van der Waals surface area (Å²) in [6.07, 6.45) is 0. The lowest BCUT2D eigenvalue weighted by molar-refractivity contribution is 0.207. The van der Waals surface area contributed by atoms with Gasteiger partial charge in [0.05, 0.1) is 31.7 Å². The second-order valence-electron chi connectivity index (χ2n) is 8.00. The van der Waals surface area contributed by atoms with E-state index >= 15 is 0 Å². The quantitative estimate of drug-likeness (QED) is 0.258. The highest BCUT2D eigenvalue weighted by Gasteiger charge is 2.10. The molecule has 3 aromatic carbocycles. The zero-order valence-corrected chi connectivity index (χ0v) is 20.6. The van der Waals surface area contributed by atoms with Crippen molar-refractivity contribution in [2.75, 3.05) is 27.4 Å². The summed E-state index contributed by atoms with van der Waals surface area (Å²) in [6.45, 7) is 7.48. The van der Waals surface area contributed by atoms with Gasteiger partial charge in [-0.25, -0.2) is 4.68 Å². The van der Waals surface area contributed by atoms with Crippen LogP contribution < -0.4 is 9.54 Å². The first kappa shape index (κ1) is 23.0. The molecule has 0 atom stereocenters. The molecular weight excluding hydrogens is 430 g/mol. The standard InChI is InChI=1S/C27H29N3O2S/c1-18-6-7-24(14-19(18)2)26-17-33-27(28-12-13-31-4)30(26)29-20(3)21-8-9-23-16-25(32-5)11-10-22(23)15-21/h6-11,14-17H,12-13H2,1-5H3/b28-27?,29-20+. The van der Waals surface area contributed by atoms with Gasteiger partial charge in [0.25, 0.3) is 0 Å². The maximum atomic E-state index is 5.35. The molecule has 170 valence electrons. The maximum Gasteiger partial charge on any atom is 0.206 e. The van der Waals surface area contributed by atoms with Gasteiger partial charge >= 0.3 is 0 Å². The number of aromatic nitrogens is 1. The van der Waals surface area contributed by atoms with E-state index in [0.717, 1.165) is 43.9 Å². The fraction of sp³-hybridized carbons (Fsp3) is 0.259. The van der Waals surface area contributed by atoms with Gasteiger partial charge in [-0.2, -0.15) is 5.10 Å². The first-order valence-electron chi connectivity index (χ1n) is 10.9. The number of nitrogens with zero attached hydrogens (tertiary/aromatic N) is 3. The highest BCUT2D eigenvalue weighted by molar-refractivity contribution is 7.07. The number of thiazole rings is 1. The Balaban J connectivity index is 1.80. The Kier molecular flexibility index (Phi) is 7.06. The van der Waals surface area contributed by atoms with Gasteiger partial charge in [0.1, 0.15) is 5.75 Å². The zero-order chi connectivity index (χ0) is 23.4. The monoisotopic (exact) mass is 459 g/mol. The average Bonchev–Trinajstić information content (AvgIpc) is 3.22. The van der Waals surface area contributed by atoms with Crippen LogP contribution >= 0.6 is 11.3 Å². The molecule has 4 rings (SSSR count). The van der Waals surface area contributed by atoms with Gasteiger partial charge in [-0.1, -0.05) is 30.3 Å². The van der Waals surface area contributed by atoms with Crippen molar-refractivity contribution in [1.29, 1.82) is 0 Å². The van der Waals surface area contributed by atoms with E-state index in [-0.39, 0.29) is 0 Å². The molecule has 6 heteroatoms. The van der Waals surface area contributed by atoms with Crippen LogP contribution in [0.2, 0.25) is 0 Å². The van der Waals surface area contributed by atoms with E-state index in [1.54, 1.807) is 25.6 Å². The van der Waals surface area contributed by atoms with Gasteiger partial charge in [-0.3, -0.25) is 4.99 Å². The van der Waals surface area contributed by atoms with Crippen LogP contribution in [0.15, 0.2) is 70.1 Å². The number of methoxy groups -OCH3 is 2. The van der Waals surface area contributed by atoms with E-state index in [1.165, 1.54) is 11.1 Å². The molecule has 0 unspecified atom stereocenters. The number of hydrogen-bond donors (Lipinski definition) is 0. The van der Waals surface area contributed by atoms with Crippen molar-refractivity contribution in [1.82, 2.24) is 4.68 Å². The Bertz CT molecular complexity index is 1380. The van der Waals surface area contributed by atoms with Crippen LogP contribution in [0.1, 0.15) is 23.6 Å². The van der Waals surface area contributed by atoms with Crippen molar-refractivity contribution in [3.63, 3.8) is 0 Å². The van der Waals surface area contributed by atoms with Crippen molar-refractivity contribution in [3.05, 3.63) is 81.5 Å². The molecule has 4 aromatic rings. The van der Waals surface area contributed by atoms with E-state index in [0.29, 0.717) is 13.2 Å². The second kappa shape index (κ2) is 10.1. The number of benzene rings is 3. The van der Waals surface area contributed by atoms with Crippen molar-refractivity contribution in [2.24, 2.45) is 10.1 Å². The third-order valence-electron chi connectivity index (χ3n) is 5.75. The van der Waals surface area contributed by atoms with Crippen LogP contribution in [0.25, 0.3) is 22.0 Å². The SMILES string of the molecule is COCCN=c1scc(-c2ccc(C)c(C)c2)n1/N=C(\C)c1ccc2cc(OC)ccc2c1. The molecule has 0 aliphatic rings. The summed E-state index contributed by atoms with van der Waals surface area (Å²) in [6, 6.07) is 19.0. The minimum absolute atomic E-state index is 0.577. The third-order valence-corrected chi connectivity index (χ3v) is 6.60. The normalized spacial score (nSPS) is 12.5. The summed E-state index contributed by atoms with van der Waals surface area (Å²) >= 11 is 1.60. The fourth-order valence-corrected chi connectivity index (χ4v) is 4.48. The summed E-state index contributed by atoms with van der Waals surface area (Å²) < 4.78 is 12.5. The minimum atomic E-state index is 0.577. The molecule has 33 heavy (non-hydrogen) atoms. The summed E-state index contributed by atoms with van der Waals surface area (Å²) in [4.78, 5) is 5.59. The van der Waals surface area contributed by atoms with Gasteiger partial charge < -0.3 is 9.47 Å². The van der Waals surface area contributed by atoms with Gasteiger partial charge in [0, 0.05) is 18.1 Å². The molecule has 0 amide bonds. The van der Waals surface area contributed by atoms with Gasteiger partial charge in [0.15, 0.2) is 0 Å². The largest absolute Gasteiger partial charge is 0.497 e. The highest BCUT2D eigenvalue weighted by atomic mass is 32.1. The molecule has 0 saturated heterocycles. The Morgan fingerprint density at radius 2 is 1.73 bits per heavy atom. The van der Waals surface area contributed by atoms with E-state index in [1.807, 2.05) is 23.7 Å². The lowest BCUT2D eigenvalue weighted by Crippen LogP contribution is -2.15. The Labute approximate surface area is 198 Å². The zero-order valence-electron chi connectivity index (χ0n) is 19.8. The molecule has 1 aromatic heterocycles. The number of aryl methyl sites for hydroxylation is 2.